The Hall–Kier alpha value is -1.92. The Morgan fingerprint density at radius 2 is 1.65 bits per heavy atom. The lowest BCUT2D eigenvalue weighted by Crippen LogP contribution is -2.49. The summed E-state index contributed by atoms with van der Waals surface area (Å²) in [7, 11) is 0. The van der Waals surface area contributed by atoms with E-state index in [1.807, 2.05) is 15.6 Å². The summed E-state index contributed by atoms with van der Waals surface area (Å²) in [5.41, 5.74) is 3.59. The largest absolute Gasteiger partial charge is 0.290 e. The zero-order valence-electron chi connectivity index (χ0n) is 19.5. The normalized spacial score (nSPS) is 34.2. The fourth-order valence-electron chi connectivity index (χ4n) is 8.12. The fraction of sp³-hybridized carbons (Fsp3) is 0.536. The van der Waals surface area contributed by atoms with Gasteiger partial charge in [-0.1, -0.05) is 55.0 Å². The van der Waals surface area contributed by atoms with Crippen LogP contribution in [-0.4, -0.2) is 30.9 Å². The van der Waals surface area contributed by atoms with Gasteiger partial charge in [-0.3, -0.25) is 9.69 Å². The molecular weight excluding hydrogens is 458 g/mol. The quantitative estimate of drug-likeness (QED) is 0.364. The third kappa shape index (κ3) is 3.43. The van der Waals surface area contributed by atoms with Crippen molar-refractivity contribution in [3.8, 4) is 5.69 Å². The molecule has 1 aromatic carbocycles. The SMILES string of the molecule is O=C1C(=Cc2cn(-c3ccccc3)nc2C23CC4CC(CC(C4)C2)C3)SC(=S)N1C1CCCC1. The summed E-state index contributed by atoms with van der Waals surface area (Å²) in [4.78, 5) is 16.1. The van der Waals surface area contributed by atoms with Gasteiger partial charge in [0.25, 0.3) is 5.91 Å². The highest BCUT2D eigenvalue weighted by Gasteiger charge is 2.53. The Labute approximate surface area is 211 Å². The Balaban J connectivity index is 1.31. The number of hydrogen-bond donors (Lipinski definition) is 0. The highest BCUT2D eigenvalue weighted by atomic mass is 32.2. The molecule has 1 saturated heterocycles. The van der Waals surface area contributed by atoms with Gasteiger partial charge in [0.15, 0.2) is 0 Å². The van der Waals surface area contributed by atoms with Crippen molar-refractivity contribution in [1.29, 1.82) is 0 Å². The Kier molecular flexibility index (Phi) is 5.06. The molecule has 4 nitrogen and oxygen atoms in total. The molecular formula is C28H31N3OS2. The van der Waals surface area contributed by atoms with Crippen LogP contribution in [0.25, 0.3) is 11.8 Å². The molecule has 8 rings (SSSR count). The number of aromatic nitrogens is 2. The predicted octanol–water partition coefficient (Wildman–Crippen LogP) is 6.48. The topological polar surface area (TPSA) is 38.1 Å². The second kappa shape index (κ2) is 8.06. The third-order valence-corrected chi connectivity index (χ3v) is 10.4. The molecule has 1 amide bonds. The minimum atomic E-state index is 0.103. The summed E-state index contributed by atoms with van der Waals surface area (Å²) in [6.07, 6.45) is 16.8. The van der Waals surface area contributed by atoms with E-state index in [0.717, 1.165) is 51.1 Å². The van der Waals surface area contributed by atoms with Gasteiger partial charge in [-0.2, -0.15) is 5.10 Å². The van der Waals surface area contributed by atoms with Crippen LogP contribution >= 0.6 is 24.0 Å². The highest BCUT2D eigenvalue weighted by Crippen LogP contribution is 2.61. The van der Waals surface area contributed by atoms with Gasteiger partial charge in [0, 0.05) is 23.2 Å². The first kappa shape index (κ1) is 21.4. The van der Waals surface area contributed by atoms with E-state index in [1.54, 1.807) is 0 Å². The number of nitrogens with zero attached hydrogens (tertiary/aromatic N) is 3. The van der Waals surface area contributed by atoms with Crippen molar-refractivity contribution in [3.05, 3.63) is 52.7 Å². The molecule has 34 heavy (non-hydrogen) atoms. The summed E-state index contributed by atoms with van der Waals surface area (Å²) >= 11 is 7.17. The minimum absolute atomic E-state index is 0.103. The van der Waals surface area contributed by atoms with Crippen LogP contribution in [0.5, 0.6) is 0 Å². The van der Waals surface area contributed by atoms with Crippen molar-refractivity contribution < 1.29 is 4.79 Å². The molecule has 0 N–H and O–H groups in total. The minimum Gasteiger partial charge on any atom is -0.290 e. The Bertz CT molecular complexity index is 1140. The van der Waals surface area contributed by atoms with Crippen LogP contribution in [0.3, 0.4) is 0 Å². The lowest BCUT2D eigenvalue weighted by molar-refractivity contribution is -0.123. The lowest BCUT2D eigenvalue weighted by Gasteiger charge is -2.56. The molecule has 0 atom stereocenters. The number of carbonyl (C=O) groups excluding carboxylic acids is 1. The van der Waals surface area contributed by atoms with Gasteiger partial charge < -0.3 is 0 Å². The summed E-state index contributed by atoms with van der Waals surface area (Å²) in [5.74, 6) is 2.65. The van der Waals surface area contributed by atoms with E-state index in [0.29, 0.717) is 0 Å². The number of thioether (sulfide) groups is 1. The van der Waals surface area contributed by atoms with E-state index in [-0.39, 0.29) is 17.4 Å². The Morgan fingerprint density at radius 3 is 2.29 bits per heavy atom. The predicted molar refractivity (Wildman–Crippen MR) is 141 cm³/mol. The number of para-hydroxylation sites is 1. The molecule has 6 heteroatoms. The van der Waals surface area contributed by atoms with E-state index in [4.69, 9.17) is 17.3 Å². The standard InChI is InChI=1S/C28H31N3OS2/c32-26-24(34-27(33)31(26)23-8-4-5-9-23)13-21-17-30(22-6-2-1-3-7-22)29-25(21)28-14-18-10-19(15-28)12-20(11-18)16-28/h1-3,6-7,13,17-20,23H,4-5,8-12,14-16H2. The summed E-state index contributed by atoms with van der Waals surface area (Å²) in [5, 5.41) is 5.26. The average molecular weight is 490 g/mol. The van der Waals surface area contributed by atoms with E-state index >= 15 is 0 Å². The molecule has 2 heterocycles. The van der Waals surface area contributed by atoms with E-state index in [1.165, 1.54) is 68.8 Å². The molecule has 5 aliphatic carbocycles. The average Bonchev–Trinajstić information content (AvgIpc) is 3.54. The molecule has 4 bridgehead atoms. The molecule has 5 saturated carbocycles. The number of thiocarbonyl (C=S) groups is 1. The Morgan fingerprint density at radius 1 is 1.00 bits per heavy atom. The maximum atomic E-state index is 13.5. The van der Waals surface area contributed by atoms with Crippen molar-refractivity contribution >= 4 is 40.3 Å². The highest BCUT2D eigenvalue weighted by molar-refractivity contribution is 8.26. The van der Waals surface area contributed by atoms with Gasteiger partial charge in [-0.05, 0) is 87.3 Å². The molecule has 0 radical (unpaired) electrons. The van der Waals surface area contributed by atoms with Crippen LogP contribution in [-0.2, 0) is 10.2 Å². The first-order valence-electron chi connectivity index (χ1n) is 13.0. The molecule has 2 aromatic rings. The number of amides is 1. The van der Waals surface area contributed by atoms with Crippen molar-refractivity contribution in [3.63, 3.8) is 0 Å². The number of carbonyl (C=O) groups is 1. The zero-order valence-corrected chi connectivity index (χ0v) is 21.1. The third-order valence-electron chi connectivity index (χ3n) is 9.10. The van der Waals surface area contributed by atoms with Gasteiger partial charge in [-0.15, -0.1) is 0 Å². The lowest BCUT2D eigenvalue weighted by atomic mass is 9.48. The van der Waals surface area contributed by atoms with Crippen LogP contribution in [0.2, 0.25) is 0 Å². The van der Waals surface area contributed by atoms with E-state index in [2.05, 4.69) is 36.5 Å². The van der Waals surface area contributed by atoms with Crippen molar-refractivity contribution in [2.45, 2.75) is 75.7 Å². The summed E-state index contributed by atoms with van der Waals surface area (Å²) in [6.45, 7) is 0. The molecule has 0 unspecified atom stereocenters. The van der Waals surface area contributed by atoms with Crippen molar-refractivity contribution in [2.24, 2.45) is 17.8 Å². The summed E-state index contributed by atoms with van der Waals surface area (Å²) in [6, 6.07) is 10.7. The number of hydrogen-bond acceptors (Lipinski definition) is 4. The monoisotopic (exact) mass is 489 g/mol. The first-order chi connectivity index (χ1) is 16.6. The zero-order chi connectivity index (χ0) is 22.9. The van der Waals surface area contributed by atoms with Crippen LogP contribution in [0.4, 0.5) is 0 Å². The van der Waals surface area contributed by atoms with Gasteiger partial charge in [-0.25, -0.2) is 4.68 Å². The fourth-order valence-corrected chi connectivity index (χ4v) is 9.51. The van der Waals surface area contributed by atoms with Crippen molar-refractivity contribution in [2.75, 3.05) is 0 Å². The first-order valence-corrected chi connectivity index (χ1v) is 14.2. The van der Waals surface area contributed by atoms with E-state index < -0.39 is 0 Å². The molecule has 6 fully saturated rings. The van der Waals surface area contributed by atoms with Crippen LogP contribution in [0, 0.1) is 17.8 Å². The molecule has 0 spiro atoms. The van der Waals surface area contributed by atoms with Gasteiger partial charge >= 0.3 is 0 Å². The van der Waals surface area contributed by atoms with Gasteiger partial charge in [0.2, 0.25) is 0 Å². The second-order valence-electron chi connectivity index (χ2n) is 11.4. The van der Waals surface area contributed by atoms with E-state index in [9.17, 15) is 4.79 Å². The number of benzene rings is 1. The maximum absolute atomic E-state index is 13.5. The van der Waals surface area contributed by atoms with Crippen LogP contribution in [0.1, 0.15) is 75.5 Å². The van der Waals surface area contributed by atoms with Gasteiger partial charge in [0.05, 0.1) is 16.3 Å². The van der Waals surface area contributed by atoms with Crippen LogP contribution in [0.15, 0.2) is 41.4 Å². The smallest absolute Gasteiger partial charge is 0.266 e. The summed E-state index contributed by atoms with van der Waals surface area (Å²) < 4.78 is 2.77. The number of rotatable bonds is 4. The molecule has 1 aliphatic heterocycles. The molecule has 1 aromatic heterocycles. The van der Waals surface area contributed by atoms with Crippen LogP contribution < -0.4 is 0 Å². The van der Waals surface area contributed by atoms with Crippen molar-refractivity contribution in [1.82, 2.24) is 14.7 Å². The maximum Gasteiger partial charge on any atom is 0.266 e. The molecule has 176 valence electrons. The molecule has 6 aliphatic rings. The van der Waals surface area contributed by atoms with Gasteiger partial charge in [0.1, 0.15) is 4.32 Å². The second-order valence-corrected chi connectivity index (χ2v) is 13.1.